The summed E-state index contributed by atoms with van der Waals surface area (Å²) in [5.41, 5.74) is 7.01. The zero-order valence-electron chi connectivity index (χ0n) is 10.2. The molecule has 4 heteroatoms. The molecule has 1 amide bonds. The van der Waals surface area contributed by atoms with Crippen LogP contribution < -0.4 is 11.1 Å². The first-order chi connectivity index (χ1) is 8.70. The van der Waals surface area contributed by atoms with Crippen LogP contribution in [0.15, 0.2) is 24.3 Å². The smallest absolute Gasteiger partial charge is 0.251 e. The average Bonchev–Trinajstić information content (AvgIpc) is 2.41. The predicted octanol–water partition coefficient (Wildman–Crippen LogP) is 1.56. The molecule has 0 aromatic heterocycles. The van der Waals surface area contributed by atoms with E-state index >= 15 is 0 Å². The first kappa shape index (κ1) is 12.6. The molecule has 94 valence electrons. The molecular weight excluding hydrogens is 226 g/mol. The van der Waals surface area contributed by atoms with Gasteiger partial charge in [0.1, 0.15) is 0 Å². The molecule has 0 saturated heterocycles. The van der Waals surface area contributed by atoms with E-state index in [2.05, 4.69) is 5.32 Å². The zero-order valence-corrected chi connectivity index (χ0v) is 10.2. The van der Waals surface area contributed by atoms with Gasteiger partial charge in [0.05, 0.1) is 11.6 Å². The fraction of sp³-hybridized carbons (Fsp3) is 0.429. The molecule has 0 radical (unpaired) electrons. The second kappa shape index (κ2) is 5.65. The van der Waals surface area contributed by atoms with Gasteiger partial charge in [0.2, 0.25) is 0 Å². The van der Waals surface area contributed by atoms with E-state index in [-0.39, 0.29) is 18.0 Å². The van der Waals surface area contributed by atoms with Gasteiger partial charge in [0.15, 0.2) is 0 Å². The highest BCUT2D eigenvalue weighted by molar-refractivity contribution is 5.94. The Bertz CT molecular complexity index is 478. The van der Waals surface area contributed by atoms with Gasteiger partial charge in [-0.1, -0.05) is 18.9 Å². The first-order valence-electron chi connectivity index (χ1n) is 6.27. The van der Waals surface area contributed by atoms with E-state index in [9.17, 15) is 4.79 Å². The van der Waals surface area contributed by atoms with Crippen LogP contribution in [0.2, 0.25) is 0 Å². The molecule has 1 aliphatic rings. The highest BCUT2D eigenvalue weighted by Crippen LogP contribution is 2.17. The fourth-order valence-electron chi connectivity index (χ4n) is 2.32. The highest BCUT2D eigenvalue weighted by Gasteiger charge is 2.23. The van der Waals surface area contributed by atoms with Crippen molar-refractivity contribution in [3.8, 4) is 6.07 Å². The maximum Gasteiger partial charge on any atom is 0.251 e. The molecule has 0 aliphatic heterocycles. The average molecular weight is 243 g/mol. The van der Waals surface area contributed by atoms with Crippen LogP contribution in [0, 0.1) is 11.3 Å². The van der Waals surface area contributed by atoms with Gasteiger partial charge in [-0.05, 0) is 31.0 Å². The molecule has 0 bridgehead atoms. The molecule has 1 aliphatic carbocycles. The summed E-state index contributed by atoms with van der Waals surface area (Å²) in [5, 5.41) is 11.8. The second-order valence-electron chi connectivity index (χ2n) is 4.72. The van der Waals surface area contributed by atoms with Gasteiger partial charge >= 0.3 is 0 Å². The number of hydrogen-bond acceptors (Lipinski definition) is 3. The lowest BCUT2D eigenvalue weighted by molar-refractivity contribution is 0.0921. The lowest BCUT2D eigenvalue weighted by Crippen LogP contribution is -2.49. The van der Waals surface area contributed by atoms with Gasteiger partial charge in [0.25, 0.3) is 5.91 Å². The van der Waals surface area contributed by atoms with Crippen LogP contribution in [0.3, 0.4) is 0 Å². The lowest BCUT2D eigenvalue weighted by Gasteiger charge is -2.29. The Morgan fingerprint density at radius 1 is 1.39 bits per heavy atom. The lowest BCUT2D eigenvalue weighted by atomic mass is 9.91. The predicted molar refractivity (Wildman–Crippen MR) is 68.9 cm³/mol. The van der Waals surface area contributed by atoms with Crippen LogP contribution in [0.5, 0.6) is 0 Å². The number of nitriles is 1. The van der Waals surface area contributed by atoms with Gasteiger partial charge in [-0.3, -0.25) is 4.79 Å². The summed E-state index contributed by atoms with van der Waals surface area (Å²) in [7, 11) is 0. The summed E-state index contributed by atoms with van der Waals surface area (Å²) in [6.07, 6.45) is 4.14. The Morgan fingerprint density at radius 2 is 2.17 bits per heavy atom. The molecule has 18 heavy (non-hydrogen) atoms. The Hall–Kier alpha value is -1.86. The molecule has 2 rings (SSSR count). The molecule has 1 aromatic carbocycles. The van der Waals surface area contributed by atoms with Crippen molar-refractivity contribution >= 4 is 5.91 Å². The number of hydrogen-bond donors (Lipinski definition) is 2. The molecule has 0 unspecified atom stereocenters. The van der Waals surface area contributed by atoms with Gasteiger partial charge in [-0.25, -0.2) is 0 Å². The van der Waals surface area contributed by atoms with Crippen LogP contribution in [-0.2, 0) is 0 Å². The van der Waals surface area contributed by atoms with Crippen LogP contribution >= 0.6 is 0 Å². The number of carbonyl (C=O) groups excluding carboxylic acids is 1. The van der Waals surface area contributed by atoms with E-state index < -0.39 is 0 Å². The summed E-state index contributed by atoms with van der Waals surface area (Å²) in [5.74, 6) is -0.144. The van der Waals surface area contributed by atoms with Gasteiger partial charge < -0.3 is 11.1 Å². The van der Waals surface area contributed by atoms with Crippen molar-refractivity contribution in [3.05, 3.63) is 35.4 Å². The monoisotopic (exact) mass is 243 g/mol. The van der Waals surface area contributed by atoms with Crippen molar-refractivity contribution in [2.45, 2.75) is 37.8 Å². The number of nitrogens with zero attached hydrogens (tertiary/aromatic N) is 1. The van der Waals surface area contributed by atoms with E-state index in [1.807, 2.05) is 6.07 Å². The maximum atomic E-state index is 12.1. The van der Waals surface area contributed by atoms with E-state index in [0.29, 0.717) is 11.1 Å². The fourth-order valence-corrected chi connectivity index (χ4v) is 2.32. The van der Waals surface area contributed by atoms with Crippen molar-refractivity contribution in [1.29, 1.82) is 5.26 Å². The molecule has 1 fully saturated rings. The minimum atomic E-state index is -0.144. The van der Waals surface area contributed by atoms with E-state index in [1.54, 1.807) is 24.3 Å². The number of nitrogens with two attached hydrogens (primary N) is 1. The number of benzene rings is 1. The third-order valence-corrected chi connectivity index (χ3v) is 3.39. The Balaban J connectivity index is 2.05. The maximum absolute atomic E-state index is 12.1. The standard InChI is InChI=1S/C14H17N3O/c15-9-10-4-3-5-11(8-10)14(18)17-13-7-2-1-6-12(13)16/h3-5,8,12-13H,1-2,6-7,16H2,(H,17,18)/t12-,13-/m1/s1. The molecular formula is C14H17N3O. The van der Waals surface area contributed by atoms with E-state index in [4.69, 9.17) is 11.0 Å². The van der Waals surface area contributed by atoms with Gasteiger partial charge in [0, 0.05) is 17.6 Å². The SMILES string of the molecule is N#Cc1cccc(C(=O)N[C@@H]2CCCC[C@H]2N)c1. The minimum Gasteiger partial charge on any atom is -0.348 e. The number of nitrogens with one attached hydrogen (secondary N) is 1. The van der Waals surface area contributed by atoms with Crippen molar-refractivity contribution in [2.75, 3.05) is 0 Å². The molecule has 0 heterocycles. The van der Waals surface area contributed by atoms with E-state index in [0.717, 1.165) is 25.7 Å². The van der Waals surface area contributed by atoms with Crippen LogP contribution in [0.1, 0.15) is 41.6 Å². The molecule has 1 aromatic rings. The number of rotatable bonds is 2. The molecule has 0 spiro atoms. The third-order valence-electron chi connectivity index (χ3n) is 3.39. The Labute approximate surface area is 107 Å². The van der Waals surface area contributed by atoms with Gasteiger partial charge in [-0.2, -0.15) is 5.26 Å². The number of carbonyl (C=O) groups is 1. The molecule has 4 nitrogen and oxygen atoms in total. The largest absolute Gasteiger partial charge is 0.348 e. The Kier molecular flexibility index (Phi) is 3.96. The second-order valence-corrected chi connectivity index (χ2v) is 4.72. The zero-order chi connectivity index (χ0) is 13.0. The quantitative estimate of drug-likeness (QED) is 0.827. The van der Waals surface area contributed by atoms with Crippen LogP contribution in [0.25, 0.3) is 0 Å². The number of amides is 1. The molecule has 1 saturated carbocycles. The Morgan fingerprint density at radius 3 is 2.89 bits per heavy atom. The summed E-state index contributed by atoms with van der Waals surface area (Å²) in [4.78, 5) is 12.1. The van der Waals surface area contributed by atoms with Crippen molar-refractivity contribution in [1.82, 2.24) is 5.32 Å². The van der Waals surface area contributed by atoms with E-state index in [1.165, 1.54) is 0 Å². The molecule has 3 N–H and O–H groups in total. The van der Waals surface area contributed by atoms with Crippen LogP contribution in [0.4, 0.5) is 0 Å². The summed E-state index contributed by atoms with van der Waals surface area (Å²) in [6, 6.07) is 8.84. The topological polar surface area (TPSA) is 78.9 Å². The van der Waals surface area contributed by atoms with Crippen molar-refractivity contribution < 1.29 is 4.79 Å². The summed E-state index contributed by atoms with van der Waals surface area (Å²) in [6.45, 7) is 0. The summed E-state index contributed by atoms with van der Waals surface area (Å²) >= 11 is 0. The van der Waals surface area contributed by atoms with Crippen molar-refractivity contribution in [2.24, 2.45) is 5.73 Å². The first-order valence-corrected chi connectivity index (χ1v) is 6.27. The van der Waals surface area contributed by atoms with Crippen LogP contribution in [-0.4, -0.2) is 18.0 Å². The molecule has 2 atom stereocenters. The minimum absolute atomic E-state index is 0.0434. The van der Waals surface area contributed by atoms with Crippen molar-refractivity contribution in [3.63, 3.8) is 0 Å². The summed E-state index contributed by atoms with van der Waals surface area (Å²) < 4.78 is 0. The normalized spacial score (nSPS) is 23.1. The third kappa shape index (κ3) is 2.88. The highest BCUT2D eigenvalue weighted by atomic mass is 16.1. The van der Waals surface area contributed by atoms with Gasteiger partial charge in [-0.15, -0.1) is 0 Å².